The normalized spacial score (nSPS) is 12.9. The summed E-state index contributed by atoms with van der Waals surface area (Å²) < 4.78 is 22.7. The minimum atomic E-state index is -2.94. The molecular formula is C18H29Cl2N3O2S. The van der Waals surface area contributed by atoms with Gasteiger partial charge in [-0.2, -0.15) is 0 Å². The van der Waals surface area contributed by atoms with Crippen LogP contribution in [0.2, 0.25) is 10.0 Å². The summed E-state index contributed by atoms with van der Waals surface area (Å²) in [5, 5.41) is 7.86. The largest absolute Gasteiger partial charge is 0.356 e. The molecule has 0 heterocycles. The molecular weight excluding hydrogens is 393 g/mol. The number of benzene rings is 1. The highest BCUT2D eigenvalue weighted by molar-refractivity contribution is 7.90. The number of nitrogens with zero attached hydrogens (tertiary/aromatic N) is 1. The fourth-order valence-corrected chi connectivity index (χ4v) is 3.73. The summed E-state index contributed by atoms with van der Waals surface area (Å²) >= 11 is 12.1. The van der Waals surface area contributed by atoms with Crippen LogP contribution >= 0.6 is 23.2 Å². The van der Waals surface area contributed by atoms with E-state index in [2.05, 4.69) is 15.6 Å². The highest BCUT2D eigenvalue weighted by atomic mass is 35.5. The van der Waals surface area contributed by atoms with Gasteiger partial charge in [-0.1, -0.05) is 43.1 Å². The van der Waals surface area contributed by atoms with Crippen LogP contribution in [0.1, 0.15) is 32.3 Å². The van der Waals surface area contributed by atoms with Crippen LogP contribution in [-0.4, -0.2) is 46.5 Å². The second-order valence-electron chi connectivity index (χ2n) is 7.24. The molecule has 0 bridgehead atoms. The molecule has 0 aromatic heterocycles. The zero-order chi connectivity index (χ0) is 19.8. The Bertz CT molecular complexity index is 719. The molecule has 0 unspecified atom stereocenters. The molecule has 0 radical (unpaired) electrons. The monoisotopic (exact) mass is 421 g/mol. The van der Waals surface area contributed by atoms with Crippen molar-refractivity contribution in [1.29, 1.82) is 0 Å². The summed E-state index contributed by atoms with van der Waals surface area (Å²) in [7, 11) is -1.23. The predicted octanol–water partition coefficient (Wildman–Crippen LogP) is 3.55. The van der Waals surface area contributed by atoms with Crippen LogP contribution in [0.4, 0.5) is 0 Å². The lowest BCUT2D eigenvalue weighted by Gasteiger charge is -2.25. The van der Waals surface area contributed by atoms with Crippen LogP contribution in [0.3, 0.4) is 0 Å². The first-order valence-electron chi connectivity index (χ1n) is 8.58. The standard InChI is InChI=1S/C18H29Cl2N3O2S/c1-18(2,9-11-26(4,24)25)13-23-17(21-3)22-10-5-6-14-7-8-15(19)12-16(14)20/h7-8,12H,5-6,9-11,13H2,1-4H3,(H2,21,22,23). The molecule has 0 aliphatic rings. The molecule has 0 aliphatic heterocycles. The van der Waals surface area contributed by atoms with Gasteiger partial charge in [-0.25, -0.2) is 8.42 Å². The van der Waals surface area contributed by atoms with E-state index in [1.807, 2.05) is 26.0 Å². The quantitative estimate of drug-likeness (QED) is 0.363. The van der Waals surface area contributed by atoms with Gasteiger partial charge in [0.2, 0.25) is 0 Å². The summed E-state index contributed by atoms with van der Waals surface area (Å²) in [5.74, 6) is 0.898. The van der Waals surface area contributed by atoms with Crippen molar-refractivity contribution in [3.63, 3.8) is 0 Å². The second-order valence-corrected chi connectivity index (χ2v) is 10.3. The highest BCUT2D eigenvalue weighted by Crippen LogP contribution is 2.22. The molecule has 0 amide bonds. The summed E-state index contributed by atoms with van der Waals surface area (Å²) in [5.41, 5.74) is 0.931. The Kier molecular flexibility index (Phi) is 9.21. The molecule has 0 atom stereocenters. The van der Waals surface area contributed by atoms with E-state index in [4.69, 9.17) is 23.2 Å². The van der Waals surface area contributed by atoms with Crippen LogP contribution in [0.25, 0.3) is 0 Å². The summed E-state index contributed by atoms with van der Waals surface area (Å²) in [4.78, 5) is 4.21. The molecule has 0 aliphatic carbocycles. The van der Waals surface area contributed by atoms with E-state index in [-0.39, 0.29) is 11.2 Å². The molecule has 0 fully saturated rings. The highest BCUT2D eigenvalue weighted by Gasteiger charge is 2.20. The van der Waals surface area contributed by atoms with Gasteiger partial charge < -0.3 is 10.6 Å². The number of guanidine groups is 1. The van der Waals surface area contributed by atoms with Crippen LogP contribution < -0.4 is 10.6 Å². The maximum absolute atomic E-state index is 11.3. The van der Waals surface area contributed by atoms with Crippen molar-refractivity contribution in [1.82, 2.24) is 10.6 Å². The number of nitrogens with one attached hydrogen (secondary N) is 2. The maximum Gasteiger partial charge on any atom is 0.190 e. The third-order valence-electron chi connectivity index (χ3n) is 4.04. The van der Waals surface area contributed by atoms with E-state index in [1.54, 1.807) is 13.1 Å². The molecule has 2 N–H and O–H groups in total. The van der Waals surface area contributed by atoms with Crippen molar-refractivity contribution in [2.75, 3.05) is 32.1 Å². The van der Waals surface area contributed by atoms with Crippen molar-refractivity contribution in [2.24, 2.45) is 10.4 Å². The van der Waals surface area contributed by atoms with Gasteiger partial charge in [-0.05, 0) is 42.4 Å². The third-order valence-corrected chi connectivity index (χ3v) is 5.57. The number of sulfone groups is 1. The minimum Gasteiger partial charge on any atom is -0.356 e. The Morgan fingerprint density at radius 2 is 1.92 bits per heavy atom. The van der Waals surface area contributed by atoms with Gasteiger partial charge in [0.25, 0.3) is 0 Å². The van der Waals surface area contributed by atoms with E-state index < -0.39 is 9.84 Å². The lowest BCUT2D eigenvalue weighted by Crippen LogP contribution is -2.42. The van der Waals surface area contributed by atoms with Gasteiger partial charge >= 0.3 is 0 Å². The van der Waals surface area contributed by atoms with Gasteiger partial charge in [-0.3, -0.25) is 4.99 Å². The molecule has 0 saturated carbocycles. The Hall–Kier alpha value is -0.980. The van der Waals surface area contributed by atoms with E-state index in [0.717, 1.165) is 24.9 Å². The Labute approximate surface area is 167 Å². The molecule has 1 aromatic carbocycles. The Balaban J connectivity index is 2.36. The van der Waals surface area contributed by atoms with Crippen molar-refractivity contribution in [3.8, 4) is 0 Å². The van der Waals surface area contributed by atoms with E-state index in [0.29, 0.717) is 29.0 Å². The molecule has 0 saturated heterocycles. The molecule has 5 nitrogen and oxygen atoms in total. The molecule has 1 rings (SSSR count). The summed E-state index contributed by atoms with van der Waals surface area (Å²) in [6.45, 7) is 5.48. The summed E-state index contributed by atoms with van der Waals surface area (Å²) in [6, 6.07) is 5.54. The SMILES string of the molecule is CN=C(NCCCc1ccc(Cl)cc1Cl)NCC(C)(C)CCS(C)(=O)=O. The Morgan fingerprint density at radius 3 is 2.50 bits per heavy atom. The van der Waals surface area contributed by atoms with Crippen LogP contribution in [0.15, 0.2) is 23.2 Å². The lowest BCUT2D eigenvalue weighted by molar-refractivity contribution is 0.348. The summed E-state index contributed by atoms with van der Waals surface area (Å²) in [6.07, 6.45) is 3.62. The molecule has 26 heavy (non-hydrogen) atoms. The smallest absolute Gasteiger partial charge is 0.190 e. The van der Waals surface area contributed by atoms with Crippen LogP contribution in [0, 0.1) is 5.41 Å². The van der Waals surface area contributed by atoms with Gasteiger partial charge in [-0.15, -0.1) is 0 Å². The zero-order valence-electron chi connectivity index (χ0n) is 15.9. The molecule has 8 heteroatoms. The van der Waals surface area contributed by atoms with Crippen LogP contribution in [0.5, 0.6) is 0 Å². The van der Waals surface area contributed by atoms with Gasteiger partial charge in [0.05, 0.1) is 5.75 Å². The number of rotatable bonds is 9. The van der Waals surface area contributed by atoms with E-state index in [9.17, 15) is 8.42 Å². The first-order chi connectivity index (χ1) is 12.0. The average Bonchev–Trinajstić information content (AvgIpc) is 2.53. The fourth-order valence-electron chi connectivity index (χ4n) is 2.30. The number of aryl methyl sites for hydroxylation is 1. The van der Waals surface area contributed by atoms with Gasteiger partial charge in [0.1, 0.15) is 9.84 Å². The molecule has 0 spiro atoms. The predicted molar refractivity (Wildman–Crippen MR) is 112 cm³/mol. The first kappa shape index (κ1) is 23.1. The fraction of sp³-hybridized carbons (Fsp3) is 0.611. The van der Waals surface area contributed by atoms with Gasteiger partial charge in [0, 0.05) is 36.4 Å². The van der Waals surface area contributed by atoms with Crippen molar-refractivity contribution in [3.05, 3.63) is 33.8 Å². The average molecular weight is 422 g/mol. The first-order valence-corrected chi connectivity index (χ1v) is 11.4. The van der Waals surface area contributed by atoms with Crippen molar-refractivity contribution in [2.45, 2.75) is 33.1 Å². The van der Waals surface area contributed by atoms with Crippen molar-refractivity contribution >= 4 is 39.0 Å². The van der Waals surface area contributed by atoms with E-state index >= 15 is 0 Å². The maximum atomic E-state index is 11.3. The second kappa shape index (κ2) is 10.4. The third kappa shape index (κ3) is 9.64. The Morgan fingerprint density at radius 1 is 1.23 bits per heavy atom. The molecule has 148 valence electrons. The number of hydrogen-bond acceptors (Lipinski definition) is 3. The van der Waals surface area contributed by atoms with Crippen LogP contribution in [-0.2, 0) is 16.3 Å². The number of halogens is 2. The van der Waals surface area contributed by atoms with Gasteiger partial charge in [0.15, 0.2) is 5.96 Å². The molecule has 1 aromatic rings. The number of hydrogen-bond donors (Lipinski definition) is 2. The zero-order valence-corrected chi connectivity index (χ0v) is 18.2. The minimum absolute atomic E-state index is 0.141. The number of aliphatic imine (C=N–C) groups is 1. The van der Waals surface area contributed by atoms with E-state index in [1.165, 1.54) is 6.26 Å². The topological polar surface area (TPSA) is 70.6 Å². The lowest BCUT2D eigenvalue weighted by atomic mass is 9.90. The van der Waals surface area contributed by atoms with Crippen molar-refractivity contribution < 1.29 is 8.42 Å².